The summed E-state index contributed by atoms with van der Waals surface area (Å²) in [4.78, 5) is 12.8. The van der Waals surface area contributed by atoms with Crippen LogP contribution in [0.1, 0.15) is 174 Å². The molecule has 12 nitrogen and oxygen atoms in total. The summed E-state index contributed by atoms with van der Waals surface area (Å²) >= 11 is 0. The van der Waals surface area contributed by atoms with E-state index >= 15 is 0 Å². The summed E-state index contributed by atoms with van der Waals surface area (Å²) in [6.07, 6.45) is 24.0. The minimum atomic E-state index is -5.05. The second-order valence-electron chi connectivity index (χ2n) is 14.6. The van der Waals surface area contributed by atoms with E-state index in [1.807, 2.05) is 0 Å². The predicted molar refractivity (Wildman–Crippen MR) is 207 cm³/mol. The molecule has 0 radical (unpaired) electrons. The van der Waals surface area contributed by atoms with E-state index < -0.39 is 59.8 Å². The van der Waals surface area contributed by atoms with E-state index in [0.717, 1.165) is 44.9 Å². The van der Waals surface area contributed by atoms with Crippen molar-refractivity contribution in [3.63, 3.8) is 0 Å². The van der Waals surface area contributed by atoms with Crippen molar-refractivity contribution in [2.24, 2.45) is 0 Å². The van der Waals surface area contributed by atoms with Crippen LogP contribution >= 0.6 is 0 Å². The van der Waals surface area contributed by atoms with E-state index in [1.54, 1.807) is 0 Å². The first-order valence-corrected chi connectivity index (χ1v) is 22.3. The maximum Gasteiger partial charge on any atom is 0.397 e. The quantitative estimate of drug-likeness (QED) is 0.0209. The van der Waals surface area contributed by atoms with Gasteiger partial charge in [-0.15, -0.1) is 0 Å². The molecular formula is C40H76O12S. The van der Waals surface area contributed by atoms with Gasteiger partial charge in [-0.3, -0.25) is 9.35 Å². The third-order valence-corrected chi connectivity index (χ3v) is 10.1. The molecule has 0 amide bonds. The Morgan fingerprint density at radius 1 is 0.698 bits per heavy atom. The van der Waals surface area contributed by atoms with Gasteiger partial charge in [-0.2, -0.15) is 8.42 Å². The number of carbonyl (C=O) groups is 1. The van der Waals surface area contributed by atoms with Gasteiger partial charge < -0.3 is 34.3 Å². The molecule has 314 valence electrons. The van der Waals surface area contributed by atoms with Crippen LogP contribution < -0.4 is 0 Å². The molecule has 1 aliphatic heterocycles. The van der Waals surface area contributed by atoms with Crippen LogP contribution in [0, 0.1) is 0 Å². The Morgan fingerprint density at radius 3 is 1.70 bits per heavy atom. The van der Waals surface area contributed by atoms with Crippen LogP contribution in [-0.2, 0) is 38.3 Å². The van der Waals surface area contributed by atoms with Gasteiger partial charge in [-0.25, -0.2) is 4.18 Å². The zero-order valence-electron chi connectivity index (χ0n) is 33.1. The first kappa shape index (κ1) is 49.9. The topological polar surface area (TPSA) is 178 Å². The van der Waals surface area contributed by atoms with Crippen molar-refractivity contribution in [1.29, 1.82) is 0 Å². The lowest BCUT2D eigenvalue weighted by atomic mass is 9.99. The van der Waals surface area contributed by atoms with Gasteiger partial charge in [0.1, 0.15) is 30.5 Å². The Hall–Kier alpha value is -1.16. The number of hydrogen-bond donors (Lipinski definition) is 4. The molecule has 0 aliphatic carbocycles. The number of esters is 1. The molecule has 1 fully saturated rings. The Morgan fingerprint density at radius 2 is 1.19 bits per heavy atom. The highest BCUT2D eigenvalue weighted by Crippen LogP contribution is 2.26. The number of rotatable bonds is 36. The Bertz CT molecular complexity index is 994. The number of ether oxygens (including phenoxy) is 4. The molecule has 1 rings (SSSR count). The largest absolute Gasteiger partial charge is 0.457 e. The lowest BCUT2D eigenvalue weighted by Gasteiger charge is -2.41. The van der Waals surface area contributed by atoms with Crippen LogP contribution in [0.3, 0.4) is 0 Å². The van der Waals surface area contributed by atoms with E-state index in [4.69, 9.17) is 23.5 Å². The Balaban J connectivity index is 2.43. The molecule has 1 aliphatic rings. The molecule has 0 aromatic rings. The van der Waals surface area contributed by atoms with Gasteiger partial charge in [-0.1, -0.05) is 142 Å². The molecule has 13 heteroatoms. The van der Waals surface area contributed by atoms with E-state index in [1.165, 1.54) is 103 Å². The number of aliphatic hydroxyl groups is 3. The zero-order valence-corrected chi connectivity index (χ0v) is 33.9. The normalized spacial score (nSPS) is 21.4. The van der Waals surface area contributed by atoms with Gasteiger partial charge in [0.05, 0.1) is 19.8 Å². The smallest absolute Gasteiger partial charge is 0.397 e. The third kappa shape index (κ3) is 27.1. The Labute approximate surface area is 321 Å². The van der Waals surface area contributed by atoms with Crippen molar-refractivity contribution >= 4 is 16.4 Å². The molecule has 0 aromatic carbocycles. The summed E-state index contributed by atoms with van der Waals surface area (Å²) in [7, 11) is -5.05. The van der Waals surface area contributed by atoms with E-state index in [-0.39, 0.29) is 19.6 Å². The Kier molecular flexibility index (Phi) is 31.1. The summed E-state index contributed by atoms with van der Waals surface area (Å²) in [5.74, 6) is -0.403. The molecule has 6 atom stereocenters. The molecule has 1 heterocycles. The van der Waals surface area contributed by atoms with Gasteiger partial charge in [0.15, 0.2) is 6.29 Å². The zero-order chi connectivity index (χ0) is 39.0. The fraction of sp³-hybridized carbons (Fsp3) is 0.925. The van der Waals surface area contributed by atoms with Gasteiger partial charge in [0.25, 0.3) is 0 Å². The first-order valence-electron chi connectivity index (χ1n) is 20.9. The van der Waals surface area contributed by atoms with E-state index in [2.05, 4.69) is 30.2 Å². The summed E-state index contributed by atoms with van der Waals surface area (Å²) < 4.78 is 58.8. The average Bonchev–Trinajstić information content (AvgIpc) is 3.12. The van der Waals surface area contributed by atoms with Crippen molar-refractivity contribution in [2.75, 3.05) is 26.4 Å². The third-order valence-electron chi connectivity index (χ3n) is 9.64. The number of hydrogen-bond acceptors (Lipinski definition) is 11. The predicted octanol–water partition coefficient (Wildman–Crippen LogP) is 7.91. The van der Waals surface area contributed by atoms with Gasteiger partial charge in [-0.05, 0) is 38.5 Å². The molecule has 0 saturated carbocycles. The van der Waals surface area contributed by atoms with Gasteiger partial charge in [0, 0.05) is 13.0 Å². The van der Waals surface area contributed by atoms with Gasteiger partial charge in [0.2, 0.25) is 0 Å². The minimum Gasteiger partial charge on any atom is -0.457 e. The SMILES string of the molecule is CCCCCCCC/C=C\CCCCCCCCCC(=O)OC(COCCCCCCCCCCC)COC1OC(CO)C(O)C(OS(=O)(=O)O)C1O. The minimum absolute atomic E-state index is 0.0385. The molecule has 0 aromatic heterocycles. The highest BCUT2D eigenvalue weighted by molar-refractivity contribution is 7.80. The summed E-state index contributed by atoms with van der Waals surface area (Å²) in [6, 6.07) is 0. The van der Waals surface area contributed by atoms with E-state index in [9.17, 15) is 28.5 Å². The maximum absolute atomic E-state index is 12.8. The monoisotopic (exact) mass is 781 g/mol. The number of allylic oxidation sites excluding steroid dienone is 2. The fourth-order valence-electron chi connectivity index (χ4n) is 6.43. The lowest BCUT2D eigenvalue weighted by Crippen LogP contribution is -2.60. The number of aliphatic hydroxyl groups excluding tert-OH is 3. The number of unbranched alkanes of at least 4 members (excludes halogenated alkanes) is 21. The van der Waals surface area contributed by atoms with Crippen molar-refractivity contribution in [3.05, 3.63) is 12.2 Å². The molecule has 53 heavy (non-hydrogen) atoms. The van der Waals surface area contributed by atoms with Crippen LogP contribution in [0.25, 0.3) is 0 Å². The summed E-state index contributed by atoms with van der Waals surface area (Å²) in [5, 5.41) is 30.5. The molecule has 0 spiro atoms. The number of carbonyl (C=O) groups excluding carboxylic acids is 1. The summed E-state index contributed by atoms with van der Waals surface area (Å²) in [6.45, 7) is 3.96. The van der Waals surface area contributed by atoms with Crippen LogP contribution in [0.4, 0.5) is 0 Å². The standard InChI is InChI=1S/C40H76O12S/c1-3-5-7-9-11-13-14-15-16-17-18-19-20-21-23-25-27-29-36(42)50-34(32-48-30-28-26-24-22-12-10-8-6-4-2)33-49-40-38(44)39(52-53(45,46)47)37(43)35(31-41)51-40/h15-16,34-35,37-41,43-44H,3-14,17-33H2,1-2H3,(H,45,46,47)/b16-15-. The van der Waals surface area contributed by atoms with Crippen LogP contribution in [0.2, 0.25) is 0 Å². The molecule has 1 saturated heterocycles. The van der Waals surface area contributed by atoms with Crippen LogP contribution in [-0.4, -0.2) is 97.5 Å². The van der Waals surface area contributed by atoms with Crippen LogP contribution in [0.5, 0.6) is 0 Å². The summed E-state index contributed by atoms with van der Waals surface area (Å²) in [5.41, 5.74) is 0. The fourth-order valence-corrected chi connectivity index (χ4v) is 6.94. The highest BCUT2D eigenvalue weighted by Gasteiger charge is 2.48. The maximum atomic E-state index is 12.8. The second-order valence-corrected chi connectivity index (χ2v) is 15.6. The lowest BCUT2D eigenvalue weighted by molar-refractivity contribution is -0.301. The molecular weight excluding hydrogens is 704 g/mol. The average molecular weight is 781 g/mol. The van der Waals surface area contributed by atoms with Crippen molar-refractivity contribution < 1.29 is 56.2 Å². The molecule has 6 unspecified atom stereocenters. The first-order chi connectivity index (χ1) is 25.6. The van der Waals surface area contributed by atoms with Crippen LogP contribution in [0.15, 0.2) is 12.2 Å². The molecule has 4 N–H and O–H groups in total. The molecule has 0 bridgehead atoms. The van der Waals surface area contributed by atoms with Crippen molar-refractivity contribution in [2.45, 2.75) is 211 Å². The highest BCUT2D eigenvalue weighted by atomic mass is 32.3. The van der Waals surface area contributed by atoms with Gasteiger partial charge >= 0.3 is 16.4 Å². The second kappa shape index (κ2) is 33.0. The van der Waals surface area contributed by atoms with Crippen molar-refractivity contribution in [3.8, 4) is 0 Å². The van der Waals surface area contributed by atoms with E-state index in [0.29, 0.717) is 13.0 Å². The van der Waals surface area contributed by atoms with Crippen molar-refractivity contribution in [1.82, 2.24) is 0 Å².